The lowest BCUT2D eigenvalue weighted by molar-refractivity contribution is -0.127. The van der Waals surface area contributed by atoms with Gasteiger partial charge in [-0.2, -0.15) is 0 Å². The predicted octanol–water partition coefficient (Wildman–Crippen LogP) is 11.8. The Kier molecular flexibility index (Phi) is 13.3. The highest BCUT2D eigenvalue weighted by Crippen LogP contribution is 2.68. The molecular formula is C47H63Cl2NO7. The molecule has 2 aromatic carbocycles. The molecule has 0 spiro atoms. The predicted molar refractivity (Wildman–Crippen MR) is 227 cm³/mol. The highest BCUT2D eigenvalue weighted by molar-refractivity contribution is 6.33. The van der Waals surface area contributed by atoms with Crippen molar-refractivity contribution in [2.24, 2.45) is 52.3 Å². The number of benzene rings is 2. The number of aromatic carboxylic acids is 2. The Morgan fingerprint density at radius 1 is 0.807 bits per heavy atom. The number of nitrogens with one attached hydrogen (secondary N) is 1. The van der Waals surface area contributed by atoms with Crippen molar-refractivity contribution in [3.8, 4) is 11.5 Å². The van der Waals surface area contributed by atoms with Gasteiger partial charge in [-0.25, -0.2) is 9.59 Å². The molecule has 3 N–H and O–H groups in total. The maximum absolute atomic E-state index is 13.7. The van der Waals surface area contributed by atoms with Gasteiger partial charge in [0.1, 0.15) is 11.1 Å². The second kappa shape index (κ2) is 17.6. The minimum absolute atomic E-state index is 0.000805. The number of fused-ring (bicyclic) bond motifs is 5. The summed E-state index contributed by atoms with van der Waals surface area (Å²) >= 11 is 13.0. The summed E-state index contributed by atoms with van der Waals surface area (Å²) in [5.41, 5.74) is 1.56. The van der Waals surface area contributed by atoms with Crippen LogP contribution in [0.5, 0.6) is 11.5 Å². The summed E-state index contributed by atoms with van der Waals surface area (Å²) in [6, 6.07) is 5.97. The van der Waals surface area contributed by atoms with Crippen molar-refractivity contribution in [2.45, 2.75) is 124 Å². The smallest absolute Gasteiger partial charge is 0.339 e. The third-order valence-corrected chi connectivity index (χ3v) is 15.9. The molecule has 0 heterocycles. The second-order valence-corrected chi connectivity index (χ2v) is 19.6. The fraction of sp³-hybridized carbons (Fsp3) is 0.638. The molecule has 0 saturated heterocycles. The number of carboxylic acids is 2. The van der Waals surface area contributed by atoms with Crippen molar-refractivity contribution in [3.05, 3.63) is 62.6 Å². The molecule has 312 valence electrons. The van der Waals surface area contributed by atoms with Crippen molar-refractivity contribution in [1.29, 1.82) is 0 Å². The maximum atomic E-state index is 13.7. The van der Waals surface area contributed by atoms with E-state index in [0.29, 0.717) is 33.4 Å². The molecule has 0 aliphatic heterocycles. The molecule has 4 fully saturated rings. The zero-order valence-electron chi connectivity index (χ0n) is 34.9. The van der Waals surface area contributed by atoms with Crippen LogP contribution in [0.1, 0.15) is 150 Å². The minimum Gasteiger partial charge on any atom is -0.494 e. The van der Waals surface area contributed by atoms with Crippen LogP contribution in [0.4, 0.5) is 0 Å². The van der Waals surface area contributed by atoms with E-state index < -0.39 is 11.9 Å². The number of halogens is 2. The summed E-state index contributed by atoms with van der Waals surface area (Å²) in [4.78, 5) is 38.2. The van der Waals surface area contributed by atoms with Crippen molar-refractivity contribution in [3.63, 3.8) is 0 Å². The lowest BCUT2D eigenvalue weighted by Crippen LogP contribution is -2.55. The summed E-state index contributed by atoms with van der Waals surface area (Å²) in [6.07, 6.45) is 16.8. The molecule has 0 aromatic heterocycles. The van der Waals surface area contributed by atoms with Crippen LogP contribution < -0.4 is 14.8 Å². The standard InChI is InChI=1S/C47H63Cl2NO7/c1-26(2)9-8-10-27(3)36-14-15-37-33-12-11-30-25-31(17-19-46(30,4)38(33)18-20-47(36,37)5)50-41(51)16-13-32(28-21-34(44(52)53)42(56-6)39(48)23-28)29-22-35(45(54)55)43(57-7)40(49)24-29/h13,21-24,26-27,30-31,33,36-38H,8-12,14-20,25H2,1-7H3,(H,50,51)(H,52,53)(H,54,55). The Labute approximate surface area is 349 Å². The summed E-state index contributed by atoms with van der Waals surface area (Å²) in [6.45, 7) is 12.5. The van der Waals surface area contributed by atoms with Gasteiger partial charge in [0, 0.05) is 12.5 Å². The van der Waals surface area contributed by atoms with E-state index in [0.717, 1.165) is 54.8 Å². The Balaban J connectivity index is 1.17. The van der Waals surface area contributed by atoms with Gasteiger partial charge in [-0.1, -0.05) is 83.2 Å². The van der Waals surface area contributed by atoms with Crippen LogP contribution in [0.3, 0.4) is 0 Å². The van der Waals surface area contributed by atoms with Gasteiger partial charge in [0.05, 0.1) is 24.3 Å². The summed E-state index contributed by atoms with van der Waals surface area (Å²) < 4.78 is 10.6. The molecule has 6 rings (SSSR count). The first-order valence-electron chi connectivity index (χ1n) is 21.2. The first kappa shape index (κ1) is 43.4. The number of hydrogen-bond donors (Lipinski definition) is 3. The number of hydrogen-bond acceptors (Lipinski definition) is 5. The van der Waals surface area contributed by atoms with E-state index in [-0.39, 0.29) is 51.0 Å². The van der Waals surface area contributed by atoms with E-state index in [4.69, 9.17) is 32.7 Å². The summed E-state index contributed by atoms with van der Waals surface area (Å²) in [5, 5.41) is 23.4. The topological polar surface area (TPSA) is 122 Å². The Morgan fingerprint density at radius 3 is 1.95 bits per heavy atom. The van der Waals surface area contributed by atoms with Crippen molar-refractivity contribution in [2.75, 3.05) is 14.2 Å². The molecule has 9 unspecified atom stereocenters. The third kappa shape index (κ3) is 8.60. The average molecular weight is 825 g/mol. The monoisotopic (exact) mass is 823 g/mol. The van der Waals surface area contributed by atoms with Gasteiger partial charge in [0.15, 0.2) is 11.5 Å². The lowest BCUT2D eigenvalue weighted by atomic mass is 9.44. The first-order chi connectivity index (χ1) is 27.0. The van der Waals surface area contributed by atoms with Crippen molar-refractivity contribution < 1.29 is 34.1 Å². The quantitative estimate of drug-likeness (QED) is 0.173. The molecule has 0 radical (unpaired) electrons. The largest absolute Gasteiger partial charge is 0.494 e. The zero-order valence-corrected chi connectivity index (χ0v) is 36.4. The third-order valence-electron chi connectivity index (χ3n) is 15.3. The van der Waals surface area contributed by atoms with E-state index in [9.17, 15) is 24.6 Å². The number of amides is 1. The Bertz CT molecular complexity index is 1800. The number of carbonyl (C=O) groups is 3. The number of carboxylic acid groups (broad SMARTS) is 2. The van der Waals surface area contributed by atoms with Crippen LogP contribution in [-0.2, 0) is 4.79 Å². The van der Waals surface area contributed by atoms with E-state index in [1.54, 1.807) is 18.2 Å². The van der Waals surface area contributed by atoms with Crippen molar-refractivity contribution in [1.82, 2.24) is 5.32 Å². The van der Waals surface area contributed by atoms with E-state index in [1.165, 1.54) is 84.1 Å². The molecule has 10 heteroatoms. The molecule has 8 nitrogen and oxygen atoms in total. The molecule has 4 aliphatic rings. The molecule has 9 atom stereocenters. The van der Waals surface area contributed by atoms with Gasteiger partial charge >= 0.3 is 11.9 Å². The SMILES string of the molecule is COc1c(Cl)cc(C(=CCC(=O)NC2CCC3(C)C(CCC4C3CCC3(C)C(C(C)CCCC(C)C)CCC43)C2)c2cc(Cl)c(OC)c(C(=O)O)c2)cc1C(=O)O. The minimum atomic E-state index is -1.25. The lowest BCUT2D eigenvalue weighted by Gasteiger charge is -2.61. The van der Waals surface area contributed by atoms with E-state index in [2.05, 4.69) is 39.9 Å². The van der Waals surface area contributed by atoms with Crippen LogP contribution in [0.25, 0.3) is 5.57 Å². The highest BCUT2D eigenvalue weighted by Gasteiger charge is 2.60. The van der Waals surface area contributed by atoms with Gasteiger partial charge in [0.2, 0.25) is 5.91 Å². The van der Waals surface area contributed by atoms with Crippen LogP contribution in [-0.4, -0.2) is 48.3 Å². The van der Waals surface area contributed by atoms with Crippen LogP contribution in [0.15, 0.2) is 30.3 Å². The van der Waals surface area contributed by atoms with Crippen LogP contribution in [0.2, 0.25) is 10.0 Å². The maximum Gasteiger partial charge on any atom is 0.339 e. The molecule has 57 heavy (non-hydrogen) atoms. The fourth-order valence-electron chi connectivity index (χ4n) is 12.5. The Hall–Kier alpha value is -3.23. The van der Waals surface area contributed by atoms with E-state index >= 15 is 0 Å². The van der Waals surface area contributed by atoms with Crippen LogP contribution >= 0.6 is 23.2 Å². The number of carbonyl (C=O) groups excluding carboxylic acids is 1. The fourth-order valence-corrected chi connectivity index (χ4v) is 13.1. The van der Waals surface area contributed by atoms with Gasteiger partial charge in [-0.3, -0.25) is 4.79 Å². The number of ether oxygens (including phenoxy) is 2. The van der Waals surface area contributed by atoms with Gasteiger partial charge < -0.3 is 25.0 Å². The van der Waals surface area contributed by atoms with Crippen LogP contribution in [0, 0.1) is 52.3 Å². The summed E-state index contributed by atoms with van der Waals surface area (Å²) in [7, 11) is 2.67. The zero-order chi connectivity index (χ0) is 41.4. The molecule has 1 amide bonds. The number of methoxy groups -OCH3 is 2. The van der Waals surface area contributed by atoms with E-state index in [1.807, 2.05) is 0 Å². The Morgan fingerprint density at radius 2 is 1.39 bits per heavy atom. The molecule has 4 aliphatic carbocycles. The van der Waals surface area contributed by atoms with Gasteiger partial charge in [-0.15, -0.1) is 0 Å². The second-order valence-electron chi connectivity index (χ2n) is 18.7. The average Bonchev–Trinajstić information content (AvgIpc) is 3.51. The molecule has 4 saturated carbocycles. The van der Waals surface area contributed by atoms with Gasteiger partial charge in [0.25, 0.3) is 0 Å². The normalized spacial score (nSPS) is 29.7. The molecule has 0 bridgehead atoms. The molecular weight excluding hydrogens is 761 g/mol. The molecule has 2 aromatic rings. The summed E-state index contributed by atoms with van der Waals surface area (Å²) in [5.74, 6) is 2.77. The first-order valence-corrected chi connectivity index (χ1v) is 22.0. The van der Waals surface area contributed by atoms with Gasteiger partial charge in [-0.05, 0) is 151 Å². The van der Waals surface area contributed by atoms with Crippen molar-refractivity contribution >= 4 is 46.6 Å². The highest BCUT2D eigenvalue weighted by atomic mass is 35.5. The number of rotatable bonds is 14.